The van der Waals surface area contributed by atoms with Gasteiger partial charge in [0.2, 0.25) is 11.8 Å². The van der Waals surface area contributed by atoms with Crippen LogP contribution >= 0.6 is 0 Å². The topological polar surface area (TPSA) is 69.1 Å². The van der Waals surface area contributed by atoms with Crippen molar-refractivity contribution in [2.24, 2.45) is 5.73 Å². The fourth-order valence-electron chi connectivity index (χ4n) is 2.03. The van der Waals surface area contributed by atoms with Gasteiger partial charge in [-0.2, -0.15) is 0 Å². The third-order valence-electron chi connectivity index (χ3n) is 2.94. The van der Waals surface area contributed by atoms with Gasteiger partial charge in [-0.25, -0.2) is 9.37 Å². The second-order valence-electron chi connectivity index (χ2n) is 4.44. The molecule has 0 unspecified atom stereocenters. The molecule has 1 amide bonds. The van der Waals surface area contributed by atoms with Crippen LogP contribution in [0.3, 0.4) is 0 Å². The molecule has 3 aromatic rings. The Labute approximate surface area is 114 Å². The van der Waals surface area contributed by atoms with Gasteiger partial charge in [-0.05, 0) is 29.8 Å². The smallest absolute Gasteiger partial charge is 0.230 e. The highest BCUT2D eigenvalue weighted by molar-refractivity contribution is 5.78. The van der Waals surface area contributed by atoms with Crippen molar-refractivity contribution in [2.75, 3.05) is 0 Å². The molecule has 0 radical (unpaired) electrons. The van der Waals surface area contributed by atoms with Gasteiger partial charge in [-0.15, -0.1) is 0 Å². The summed E-state index contributed by atoms with van der Waals surface area (Å²) in [6.07, 6.45) is 0.00472. The molecule has 0 atom stereocenters. The first-order valence-electron chi connectivity index (χ1n) is 6.06. The Morgan fingerprint density at radius 2 is 2.05 bits per heavy atom. The molecule has 0 bridgehead atoms. The summed E-state index contributed by atoms with van der Waals surface area (Å²) in [4.78, 5) is 15.1. The number of benzene rings is 2. The first kappa shape index (κ1) is 12.3. The van der Waals surface area contributed by atoms with Crippen LogP contribution in [-0.4, -0.2) is 10.9 Å². The number of primary amides is 1. The second kappa shape index (κ2) is 4.77. The Hall–Kier alpha value is -2.69. The molecule has 0 aliphatic rings. The second-order valence-corrected chi connectivity index (χ2v) is 4.44. The zero-order valence-corrected chi connectivity index (χ0v) is 10.5. The zero-order valence-electron chi connectivity index (χ0n) is 10.5. The number of halogens is 1. The van der Waals surface area contributed by atoms with Crippen LogP contribution in [0.25, 0.3) is 22.6 Å². The maximum atomic E-state index is 14.1. The fourth-order valence-corrected chi connectivity index (χ4v) is 2.03. The van der Waals surface area contributed by atoms with Crippen molar-refractivity contribution in [3.63, 3.8) is 0 Å². The Kier molecular flexibility index (Phi) is 2.95. The molecular formula is C15H11FN2O2. The van der Waals surface area contributed by atoms with Gasteiger partial charge in [0.05, 0.1) is 12.0 Å². The van der Waals surface area contributed by atoms with Gasteiger partial charge in [-0.1, -0.05) is 18.2 Å². The van der Waals surface area contributed by atoms with Crippen LogP contribution in [0.4, 0.5) is 4.39 Å². The molecule has 1 aromatic heterocycles. The van der Waals surface area contributed by atoms with E-state index in [-0.39, 0.29) is 17.9 Å². The van der Waals surface area contributed by atoms with E-state index in [2.05, 4.69) is 4.98 Å². The molecule has 0 saturated heterocycles. The van der Waals surface area contributed by atoms with Crippen molar-refractivity contribution in [3.05, 3.63) is 53.8 Å². The van der Waals surface area contributed by atoms with Gasteiger partial charge in [0, 0.05) is 0 Å². The van der Waals surface area contributed by atoms with E-state index in [1.807, 2.05) is 12.1 Å². The number of para-hydroxylation sites is 2. The van der Waals surface area contributed by atoms with Crippen molar-refractivity contribution in [2.45, 2.75) is 6.42 Å². The van der Waals surface area contributed by atoms with E-state index in [9.17, 15) is 9.18 Å². The number of hydrogen-bond acceptors (Lipinski definition) is 3. The average molecular weight is 270 g/mol. The first-order valence-corrected chi connectivity index (χ1v) is 6.06. The zero-order chi connectivity index (χ0) is 14.1. The number of carbonyl (C=O) groups is 1. The third kappa shape index (κ3) is 2.25. The molecule has 0 fully saturated rings. The number of rotatable bonds is 3. The Bertz CT molecular complexity index is 762. The molecule has 0 saturated carbocycles. The lowest BCUT2D eigenvalue weighted by Gasteiger charge is -2.01. The molecule has 2 N–H and O–H groups in total. The molecule has 100 valence electrons. The predicted molar refractivity (Wildman–Crippen MR) is 72.3 cm³/mol. The quantitative estimate of drug-likeness (QED) is 0.795. The molecule has 4 nitrogen and oxygen atoms in total. The number of nitrogens with zero attached hydrogens (tertiary/aromatic N) is 1. The van der Waals surface area contributed by atoms with Crippen LogP contribution in [0, 0.1) is 5.82 Å². The monoisotopic (exact) mass is 270 g/mol. The maximum Gasteiger partial charge on any atom is 0.230 e. The predicted octanol–water partition coefficient (Wildman–Crippen LogP) is 2.66. The molecule has 5 heteroatoms. The van der Waals surface area contributed by atoms with Crippen molar-refractivity contribution >= 4 is 17.0 Å². The van der Waals surface area contributed by atoms with Gasteiger partial charge >= 0.3 is 0 Å². The first-order chi connectivity index (χ1) is 9.63. The number of hydrogen-bond donors (Lipinski definition) is 1. The number of carbonyl (C=O) groups excluding carboxylic acids is 1. The Morgan fingerprint density at radius 3 is 2.75 bits per heavy atom. The van der Waals surface area contributed by atoms with Gasteiger partial charge in [0.15, 0.2) is 5.58 Å². The van der Waals surface area contributed by atoms with E-state index in [1.165, 1.54) is 6.07 Å². The van der Waals surface area contributed by atoms with Gasteiger partial charge in [0.25, 0.3) is 0 Å². The molecule has 3 rings (SSSR count). The highest BCUT2D eigenvalue weighted by atomic mass is 19.1. The highest BCUT2D eigenvalue weighted by Crippen LogP contribution is 2.26. The summed E-state index contributed by atoms with van der Waals surface area (Å²) in [7, 11) is 0. The summed E-state index contributed by atoms with van der Waals surface area (Å²) in [6.45, 7) is 0. The van der Waals surface area contributed by atoms with Crippen LogP contribution in [0.5, 0.6) is 0 Å². The molecule has 1 heterocycles. The van der Waals surface area contributed by atoms with Crippen LogP contribution < -0.4 is 5.73 Å². The number of fused-ring (bicyclic) bond motifs is 1. The minimum absolute atomic E-state index is 0.00472. The summed E-state index contributed by atoms with van der Waals surface area (Å²) in [5.41, 5.74) is 7.13. The summed E-state index contributed by atoms with van der Waals surface area (Å²) in [6, 6.07) is 11.7. The standard InChI is InChI=1S/C15H11FN2O2/c16-11-7-9(8-14(17)19)5-6-10(11)15-18-12-3-1-2-4-13(12)20-15/h1-7H,8H2,(H2,17,19). The lowest BCUT2D eigenvalue weighted by atomic mass is 10.1. The third-order valence-corrected chi connectivity index (χ3v) is 2.94. The van der Waals surface area contributed by atoms with Crippen molar-refractivity contribution < 1.29 is 13.6 Å². The fraction of sp³-hybridized carbons (Fsp3) is 0.0667. The van der Waals surface area contributed by atoms with Crippen molar-refractivity contribution in [1.82, 2.24) is 4.98 Å². The van der Waals surface area contributed by atoms with Crippen LogP contribution in [0.1, 0.15) is 5.56 Å². The molecule has 0 aliphatic carbocycles. The highest BCUT2D eigenvalue weighted by Gasteiger charge is 2.13. The van der Waals surface area contributed by atoms with Gasteiger partial charge in [-0.3, -0.25) is 4.79 Å². The average Bonchev–Trinajstić information content (AvgIpc) is 2.81. The lowest BCUT2D eigenvalue weighted by Crippen LogP contribution is -2.13. The van der Waals surface area contributed by atoms with Crippen molar-refractivity contribution in [1.29, 1.82) is 0 Å². The SMILES string of the molecule is NC(=O)Cc1ccc(-c2nc3ccccc3o2)c(F)c1. The summed E-state index contributed by atoms with van der Waals surface area (Å²) in [5, 5.41) is 0. The van der Waals surface area contributed by atoms with Crippen molar-refractivity contribution in [3.8, 4) is 11.5 Å². The Morgan fingerprint density at radius 1 is 1.25 bits per heavy atom. The molecule has 0 aliphatic heterocycles. The minimum Gasteiger partial charge on any atom is -0.436 e. The number of oxazole rings is 1. The maximum absolute atomic E-state index is 14.1. The molecule has 20 heavy (non-hydrogen) atoms. The summed E-state index contributed by atoms with van der Waals surface area (Å²) >= 11 is 0. The summed E-state index contributed by atoms with van der Waals surface area (Å²) < 4.78 is 19.6. The Balaban J connectivity index is 2.03. The largest absolute Gasteiger partial charge is 0.436 e. The van der Waals surface area contributed by atoms with E-state index < -0.39 is 11.7 Å². The van der Waals surface area contributed by atoms with E-state index in [1.54, 1.807) is 24.3 Å². The molecule has 0 spiro atoms. The number of nitrogens with two attached hydrogens (primary N) is 1. The van der Waals surface area contributed by atoms with Gasteiger partial charge < -0.3 is 10.2 Å². The van der Waals surface area contributed by atoms with E-state index in [0.717, 1.165) is 0 Å². The van der Waals surface area contributed by atoms with E-state index >= 15 is 0 Å². The lowest BCUT2D eigenvalue weighted by molar-refractivity contribution is -0.117. The van der Waals surface area contributed by atoms with Gasteiger partial charge in [0.1, 0.15) is 11.3 Å². The van der Waals surface area contributed by atoms with E-state index in [0.29, 0.717) is 16.7 Å². The summed E-state index contributed by atoms with van der Waals surface area (Å²) in [5.74, 6) is -0.774. The minimum atomic E-state index is -0.501. The number of aromatic nitrogens is 1. The normalized spacial score (nSPS) is 10.8. The van der Waals surface area contributed by atoms with E-state index in [4.69, 9.17) is 10.2 Å². The van der Waals surface area contributed by atoms with Crippen LogP contribution in [0.2, 0.25) is 0 Å². The van der Waals surface area contributed by atoms with Crippen LogP contribution in [-0.2, 0) is 11.2 Å². The number of amides is 1. The molecule has 2 aromatic carbocycles. The van der Waals surface area contributed by atoms with Crippen LogP contribution in [0.15, 0.2) is 46.9 Å². The molecular weight excluding hydrogens is 259 g/mol.